The summed E-state index contributed by atoms with van der Waals surface area (Å²) in [5.74, 6) is -1.23. The van der Waals surface area contributed by atoms with Crippen LogP contribution in [0.25, 0.3) is 0 Å². The van der Waals surface area contributed by atoms with Gasteiger partial charge in [-0.05, 0) is 23.6 Å². The van der Waals surface area contributed by atoms with Crippen molar-refractivity contribution < 1.29 is 14.0 Å². The summed E-state index contributed by atoms with van der Waals surface area (Å²) in [6, 6.07) is 9.27. The van der Waals surface area contributed by atoms with E-state index >= 15 is 0 Å². The lowest BCUT2D eigenvalue weighted by Gasteiger charge is -2.07. The van der Waals surface area contributed by atoms with E-state index < -0.39 is 11.7 Å². The largest absolute Gasteiger partial charge is 0.350 e. The maximum Gasteiger partial charge on any atom is 0.261 e. The fourth-order valence-electron chi connectivity index (χ4n) is 1.59. The van der Waals surface area contributed by atoms with Crippen molar-refractivity contribution in [3.8, 4) is 0 Å². The van der Waals surface area contributed by atoms with Crippen LogP contribution in [0.3, 0.4) is 0 Å². The Morgan fingerprint density at radius 2 is 1.70 bits per heavy atom. The molecule has 0 aliphatic carbocycles. The van der Waals surface area contributed by atoms with Gasteiger partial charge in [-0.1, -0.05) is 18.2 Å². The van der Waals surface area contributed by atoms with Crippen LogP contribution in [0, 0.1) is 5.82 Å². The van der Waals surface area contributed by atoms with Crippen LogP contribution < -0.4 is 10.6 Å². The molecule has 0 saturated carbocycles. The van der Waals surface area contributed by atoms with Gasteiger partial charge in [0.1, 0.15) is 5.82 Å². The topological polar surface area (TPSA) is 58.2 Å². The van der Waals surface area contributed by atoms with Crippen LogP contribution in [-0.4, -0.2) is 24.9 Å². The molecule has 0 radical (unpaired) electrons. The monoisotopic (exact) mass is 292 g/mol. The number of rotatable bonds is 5. The Hall–Kier alpha value is -2.21. The number of thiophene rings is 1. The highest BCUT2D eigenvalue weighted by molar-refractivity contribution is 7.12. The summed E-state index contributed by atoms with van der Waals surface area (Å²) < 4.78 is 13.3. The van der Waals surface area contributed by atoms with Gasteiger partial charge in [0.2, 0.25) is 0 Å². The Morgan fingerprint density at radius 1 is 1.00 bits per heavy atom. The first-order valence-electron chi connectivity index (χ1n) is 6.03. The van der Waals surface area contributed by atoms with Crippen molar-refractivity contribution in [3.63, 3.8) is 0 Å². The lowest BCUT2D eigenvalue weighted by atomic mass is 10.2. The zero-order valence-electron chi connectivity index (χ0n) is 10.6. The van der Waals surface area contributed by atoms with E-state index in [4.69, 9.17) is 0 Å². The van der Waals surface area contributed by atoms with Crippen LogP contribution >= 0.6 is 11.3 Å². The number of hydrogen-bond donors (Lipinski definition) is 2. The van der Waals surface area contributed by atoms with Crippen LogP contribution in [0.2, 0.25) is 0 Å². The average molecular weight is 292 g/mol. The third kappa shape index (κ3) is 3.64. The summed E-state index contributed by atoms with van der Waals surface area (Å²) >= 11 is 1.35. The molecule has 0 unspecified atom stereocenters. The Kier molecular flexibility index (Phi) is 4.84. The van der Waals surface area contributed by atoms with Gasteiger partial charge >= 0.3 is 0 Å². The third-order valence-electron chi connectivity index (χ3n) is 2.56. The second kappa shape index (κ2) is 6.81. The lowest BCUT2D eigenvalue weighted by Crippen LogP contribution is -2.34. The molecule has 0 aliphatic heterocycles. The minimum Gasteiger partial charge on any atom is -0.350 e. The molecule has 0 aliphatic rings. The summed E-state index contributed by atoms with van der Waals surface area (Å²) in [5, 5.41) is 7.03. The highest BCUT2D eigenvalue weighted by atomic mass is 32.1. The van der Waals surface area contributed by atoms with E-state index in [1.807, 2.05) is 5.38 Å². The Labute approximate surface area is 119 Å². The Morgan fingerprint density at radius 3 is 2.35 bits per heavy atom. The van der Waals surface area contributed by atoms with Crippen LogP contribution in [-0.2, 0) is 0 Å². The summed E-state index contributed by atoms with van der Waals surface area (Å²) in [7, 11) is 0. The number of hydrogen-bond acceptors (Lipinski definition) is 3. The first-order chi connectivity index (χ1) is 9.68. The first kappa shape index (κ1) is 14.2. The summed E-state index contributed by atoms with van der Waals surface area (Å²) in [4.78, 5) is 23.9. The first-order valence-corrected chi connectivity index (χ1v) is 6.91. The van der Waals surface area contributed by atoms with Crippen molar-refractivity contribution in [2.75, 3.05) is 13.1 Å². The highest BCUT2D eigenvalue weighted by Crippen LogP contribution is 2.07. The number of carbonyl (C=O) groups excluding carboxylic acids is 2. The molecule has 0 spiro atoms. The van der Waals surface area contributed by atoms with Gasteiger partial charge in [0.05, 0.1) is 10.4 Å². The molecule has 1 aromatic carbocycles. The van der Waals surface area contributed by atoms with Crippen LogP contribution in [0.4, 0.5) is 4.39 Å². The predicted octanol–water partition coefficient (Wildman–Crippen LogP) is 2.05. The van der Waals surface area contributed by atoms with E-state index in [0.29, 0.717) is 4.88 Å². The molecule has 104 valence electrons. The number of amides is 2. The number of halogens is 1. The Bertz CT molecular complexity index is 599. The lowest BCUT2D eigenvalue weighted by molar-refractivity contribution is 0.0927. The molecule has 0 saturated heterocycles. The zero-order chi connectivity index (χ0) is 14.4. The molecule has 0 bridgehead atoms. The smallest absolute Gasteiger partial charge is 0.261 e. The van der Waals surface area contributed by atoms with E-state index in [0.717, 1.165) is 0 Å². The van der Waals surface area contributed by atoms with Crippen molar-refractivity contribution in [1.29, 1.82) is 0 Å². The maximum atomic E-state index is 13.3. The molecule has 0 atom stereocenters. The molecule has 1 aromatic heterocycles. The van der Waals surface area contributed by atoms with Gasteiger partial charge in [-0.3, -0.25) is 9.59 Å². The van der Waals surface area contributed by atoms with Crippen molar-refractivity contribution in [1.82, 2.24) is 10.6 Å². The second-order valence-electron chi connectivity index (χ2n) is 3.97. The minimum absolute atomic E-state index is 0.00270. The predicted molar refractivity (Wildman–Crippen MR) is 75.4 cm³/mol. The molecular formula is C14H13FN2O2S. The molecule has 0 fully saturated rings. The van der Waals surface area contributed by atoms with Gasteiger partial charge < -0.3 is 10.6 Å². The van der Waals surface area contributed by atoms with Crippen molar-refractivity contribution in [3.05, 3.63) is 58.0 Å². The van der Waals surface area contributed by atoms with Gasteiger partial charge in [0.15, 0.2) is 0 Å². The SMILES string of the molecule is O=C(NCCNC(=O)c1ccccc1F)c1cccs1. The van der Waals surface area contributed by atoms with Crippen LogP contribution in [0.1, 0.15) is 20.0 Å². The average Bonchev–Trinajstić information content (AvgIpc) is 2.98. The van der Waals surface area contributed by atoms with Gasteiger partial charge in [-0.2, -0.15) is 0 Å². The zero-order valence-corrected chi connectivity index (χ0v) is 11.4. The summed E-state index contributed by atoms with van der Waals surface area (Å²) in [5.41, 5.74) is -0.00270. The van der Waals surface area contributed by atoms with Crippen molar-refractivity contribution in [2.24, 2.45) is 0 Å². The van der Waals surface area contributed by atoms with Crippen LogP contribution in [0.15, 0.2) is 41.8 Å². The number of nitrogens with one attached hydrogen (secondary N) is 2. The van der Waals surface area contributed by atoms with Crippen molar-refractivity contribution in [2.45, 2.75) is 0 Å². The summed E-state index contributed by atoms with van der Waals surface area (Å²) in [6.07, 6.45) is 0. The van der Waals surface area contributed by atoms with E-state index in [1.54, 1.807) is 18.2 Å². The highest BCUT2D eigenvalue weighted by Gasteiger charge is 2.10. The molecular weight excluding hydrogens is 279 g/mol. The molecule has 6 heteroatoms. The standard InChI is InChI=1S/C14H13FN2O2S/c15-11-5-2-1-4-10(11)13(18)16-7-8-17-14(19)12-6-3-9-20-12/h1-6,9H,7-8H2,(H,16,18)(H,17,19). The fourth-order valence-corrected chi connectivity index (χ4v) is 2.23. The van der Waals surface area contributed by atoms with Gasteiger partial charge in [0, 0.05) is 13.1 Å². The number of benzene rings is 1. The van der Waals surface area contributed by atoms with Gasteiger partial charge in [-0.25, -0.2) is 4.39 Å². The molecule has 4 nitrogen and oxygen atoms in total. The minimum atomic E-state index is -0.562. The quantitative estimate of drug-likeness (QED) is 0.829. The van der Waals surface area contributed by atoms with Crippen LogP contribution in [0.5, 0.6) is 0 Å². The number of carbonyl (C=O) groups is 2. The maximum absolute atomic E-state index is 13.3. The van der Waals surface area contributed by atoms with E-state index in [2.05, 4.69) is 10.6 Å². The van der Waals surface area contributed by atoms with Gasteiger partial charge in [0.25, 0.3) is 11.8 Å². The van der Waals surface area contributed by atoms with Crippen molar-refractivity contribution >= 4 is 23.2 Å². The van der Waals surface area contributed by atoms with E-state index in [1.165, 1.54) is 29.5 Å². The summed E-state index contributed by atoms with van der Waals surface area (Å²) in [6.45, 7) is 0.529. The normalized spacial score (nSPS) is 10.1. The third-order valence-corrected chi connectivity index (χ3v) is 3.43. The molecule has 2 amide bonds. The molecule has 2 N–H and O–H groups in total. The van der Waals surface area contributed by atoms with E-state index in [9.17, 15) is 14.0 Å². The Balaban J connectivity index is 1.75. The second-order valence-corrected chi connectivity index (χ2v) is 4.92. The van der Waals surface area contributed by atoms with Gasteiger partial charge in [-0.15, -0.1) is 11.3 Å². The fraction of sp³-hybridized carbons (Fsp3) is 0.143. The molecule has 2 rings (SSSR count). The molecule has 2 aromatic rings. The molecule has 1 heterocycles. The van der Waals surface area contributed by atoms with E-state index in [-0.39, 0.29) is 24.6 Å². The molecule has 20 heavy (non-hydrogen) atoms.